The predicted octanol–water partition coefficient (Wildman–Crippen LogP) is -0.237. The second-order valence-electron chi connectivity index (χ2n) is 7.94. The highest BCUT2D eigenvalue weighted by atomic mass is 16.5. The van der Waals surface area contributed by atoms with Crippen LogP contribution in [0.15, 0.2) is 24.3 Å². The highest BCUT2D eigenvalue weighted by Crippen LogP contribution is 2.09. The summed E-state index contributed by atoms with van der Waals surface area (Å²) < 4.78 is 5.72. The molecule has 0 saturated heterocycles. The van der Waals surface area contributed by atoms with E-state index in [1.807, 2.05) is 31.2 Å². The van der Waals surface area contributed by atoms with Crippen molar-refractivity contribution in [2.24, 2.45) is 17.4 Å². The summed E-state index contributed by atoms with van der Waals surface area (Å²) in [6, 6.07) is 5.51. The van der Waals surface area contributed by atoms with Gasteiger partial charge < -0.3 is 31.9 Å². The van der Waals surface area contributed by atoms with Crippen molar-refractivity contribution in [1.29, 1.82) is 0 Å². The molecule has 9 heteroatoms. The normalized spacial score (nSPS) is 15.1. The second-order valence-corrected chi connectivity index (χ2v) is 7.94. The lowest BCUT2D eigenvalue weighted by molar-refractivity contribution is -0.140. The molecule has 0 saturated carbocycles. The maximum Gasteiger partial charge on any atom is 0.249 e. The van der Waals surface area contributed by atoms with Crippen molar-refractivity contribution in [2.45, 2.75) is 65.0 Å². The lowest BCUT2D eigenvalue weighted by Gasteiger charge is -2.26. The minimum Gasteiger partial charge on any atom is -0.391 e. The van der Waals surface area contributed by atoms with Gasteiger partial charge in [0.05, 0.1) is 18.8 Å². The molecule has 4 atom stereocenters. The Morgan fingerprint density at radius 3 is 2.13 bits per heavy atom. The zero-order chi connectivity index (χ0) is 23.6. The van der Waals surface area contributed by atoms with Crippen LogP contribution >= 0.6 is 0 Å². The fourth-order valence-corrected chi connectivity index (χ4v) is 2.88. The Balaban J connectivity index is 2.82. The molecule has 174 valence electrons. The van der Waals surface area contributed by atoms with E-state index in [9.17, 15) is 19.5 Å². The maximum atomic E-state index is 12.8. The van der Waals surface area contributed by atoms with Crippen LogP contribution < -0.4 is 22.1 Å². The number of benzene rings is 1. The molecular formula is C22H36N4O5. The smallest absolute Gasteiger partial charge is 0.249 e. The first-order valence-corrected chi connectivity index (χ1v) is 10.5. The summed E-state index contributed by atoms with van der Waals surface area (Å²) in [6.07, 6.45) is -1.86. The summed E-state index contributed by atoms with van der Waals surface area (Å²) in [5, 5.41) is 15.1. The van der Waals surface area contributed by atoms with Gasteiger partial charge >= 0.3 is 0 Å². The van der Waals surface area contributed by atoms with Crippen molar-refractivity contribution in [1.82, 2.24) is 10.6 Å². The standard InChI is InChI=1S/C22H36N4O5/c1-13(2)20(28)17(11-24)25-22(30)19(15(4)27)26-21(29)18(9-10-23)31-12-16-7-5-14(3)6-8-16/h5-8,13,15,17-19,27H,9-12,23-24H2,1-4H3,(H,25,30)(H,26,29)/t15?,17-,18-,19-/m0/s1. The van der Waals surface area contributed by atoms with E-state index < -0.39 is 36.1 Å². The van der Waals surface area contributed by atoms with Crippen molar-refractivity contribution in [3.63, 3.8) is 0 Å². The summed E-state index contributed by atoms with van der Waals surface area (Å²) in [4.78, 5) is 37.6. The number of nitrogens with two attached hydrogens (primary N) is 2. The lowest BCUT2D eigenvalue weighted by atomic mass is 10.0. The molecule has 0 radical (unpaired) electrons. The fourth-order valence-electron chi connectivity index (χ4n) is 2.88. The summed E-state index contributed by atoms with van der Waals surface area (Å²) in [5.74, 6) is -1.82. The fraction of sp³-hybridized carbons (Fsp3) is 0.591. The van der Waals surface area contributed by atoms with E-state index in [0.717, 1.165) is 11.1 Å². The van der Waals surface area contributed by atoms with Gasteiger partial charge in [-0.1, -0.05) is 43.7 Å². The monoisotopic (exact) mass is 436 g/mol. The Kier molecular flexibility index (Phi) is 11.3. The zero-order valence-electron chi connectivity index (χ0n) is 18.8. The Labute approximate surface area is 183 Å². The number of carbonyl (C=O) groups is 3. The predicted molar refractivity (Wildman–Crippen MR) is 118 cm³/mol. The maximum absolute atomic E-state index is 12.8. The first-order valence-electron chi connectivity index (χ1n) is 10.5. The number of ketones is 1. The third-order valence-electron chi connectivity index (χ3n) is 4.82. The van der Waals surface area contributed by atoms with Crippen LogP contribution in [0.3, 0.4) is 0 Å². The van der Waals surface area contributed by atoms with Crippen molar-refractivity contribution in [3.05, 3.63) is 35.4 Å². The van der Waals surface area contributed by atoms with Gasteiger partial charge in [0, 0.05) is 12.5 Å². The molecule has 9 nitrogen and oxygen atoms in total. The van der Waals surface area contributed by atoms with Gasteiger partial charge in [-0.3, -0.25) is 14.4 Å². The molecule has 31 heavy (non-hydrogen) atoms. The number of carbonyl (C=O) groups excluding carboxylic acids is 3. The van der Waals surface area contributed by atoms with Crippen LogP contribution in [-0.4, -0.2) is 60.1 Å². The molecule has 0 spiro atoms. The Hall–Kier alpha value is -2.33. The topological polar surface area (TPSA) is 157 Å². The van der Waals surface area contributed by atoms with Gasteiger partial charge in [-0.25, -0.2) is 0 Å². The molecule has 2 amide bonds. The lowest BCUT2D eigenvalue weighted by Crippen LogP contribution is -2.59. The number of aryl methyl sites for hydroxylation is 1. The van der Waals surface area contributed by atoms with E-state index in [2.05, 4.69) is 10.6 Å². The van der Waals surface area contributed by atoms with Gasteiger partial charge in [-0.2, -0.15) is 0 Å². The number of ether oxygens (including phenoxy) is 1. The molecule has 0 bridgehead atoms. The molecule has 0 aliphatic heterocycles. The van der Waals surface area contributed by atoms with Gasteiger partial charge in [0.1, 0.15) is 12.1 Å². The van der Waals surface area contributed by atoms with Gasteiger partial charge in [0.15, 0.2) is 5.78 Å². The molecule has 0 aliphatic carbocycles. The number of rotatable bonds is 13. The van der Waals surface area contributed by atoms with E-state index in [-0.39, 0.29) is 37.8 Å². The molecule has 1 rings (SSSR count). The number of aliphatic hydroxyl groups is 1. The average molecular weight is 437 g/mol. The number of hydrogen-bond acceptors (Lipinski definition) is 7. The van der Waals surface area contributed by atoms with E-state index in [0.29, 0.717) is 0 Å². The number of hydrogen-bond donors (Lipinski definition) is 5. The van der Waals surface area contributed by atoms with Crippen molar-refractivity contribution in [2.75, 3.05) is 13.1 Å². The van der Waals surface area contributed by atoms with Gasteiger partial charge in [-0.05, 0) is 32.4 Å². The van der Waals surface area contributed by atoms with E-state index in [1.165, 1.54) is 6.92 Å². The summed E-state index contributed by atoms with van der Waals surface area (Å²) >= 11 is 0. The largest absolute Gasteiger partial charge is 0.391 e. The van der Waals surface area contributed by atoms with Crippen molar-refractivity contribution >= 4 is 17.6 Å². The van der Waals surface area contributed by atoms with Crippen LogP contribution in [0.4, 0.5) is 0 Å². The van der Waals surface area contributed by atoms with Crippen LogP contribution in [0.25, 0.3) is 0 Å². The third kappa shape index (κ3) is 8.74. The Morgan fingerprint density at radius 1 is 1.03 bits per heavy atom. The van der Waals surface area contributed by atoms with Crippen molar-refractivity contribution in [3.8, 4) is 0 Å². The molecule has 1 unspecified atom stereocenters. The first-order chi connectivity index (χ1) is 14.6. The van der Waals surface area contributed by atoms with Crippen LogP contribution in [0.2, 0.25) is 0 Å². The molecule has 7 N–H and O–H groups in total. The summed E-state index contributed by atoms with van der Waals surface area (Å²) in [6.45, 7) is 7.07. The van der Waals surface area contributed by atoms with Gasteiger partial charge in [0.25, 0.3) is 0 Å². The van der Waals surface area contributed by atoms with E-state index in [4.69, 9.17) is 16.2 Å². The Bertz CT molecular complexity index is 721. The van der Waals surface area contributed by atoms with Gasteiger partial charge in [0.2, 0.25) is 11.8 Å². The third-order valence-corrected chi connectivity index (χ3v) is 4.82. The van der Waals surface area contributed by atoms with Crippen LogP contribution in [-0.2, 0) is 25.7 Å². The molecule has 1 aromatic carbocycles. The van der Waals surface area contributed by atoms with Crippen LogP contribution in [0, 0.1) is 12.8 Å². The Morgan fingerprint density at radius 2 is 1.65 bits per heavy atom. The van der Waals surface area contributed by atoms with Crippen LogP contribution in [0.5, 0.6) is 0 Å². The number of amides is 2. The first kappa shape index (κ1) is 26.7. The van der Waals surface area contributed by atoms with Gasteiger partial charge in [-0.15, -0.1) is 0 Å². The molecule has 0 heterocycles. The number of Topliss-reactive ketones (excluding diaryl/α,β-unsaturated/α-hetero) is 1. The zero-order valence-corrected chi connectivity index (χ0v) is 18.8. The molecule has 0 aromatic heterocycles. The average Bonchev–Trinajstić information content (AvgIpc) is 2.73. The summed E-state index contributed by atoms with van der Waals surface area (Å²) in [7, 11) is 0. The second kappa shape index (κ2) is 13.2. The summed E-state index contributed by atoms with van der Waals surface area (Å²) in [5.41, 5.74) is 13.2. The molecule has 0 fully saturated rings. The van der Waals surface area contributed by atoms with E-state index in [1.54, 1.807) is 13.8 Å². The minimum absolute atomic E-state index is 0.0846. The molecule has 1 aromatic rings. The van der Waals surface area contributed by atoms with Crippen molar-refractivity contribution < 1.29 is 24.2 Å². The molecular weight excluding hydrogens is 400 g/mol. The quantitative estimate of drug-likeness (QED) is 0.286. The highest BCUT2D eigenvalue weighted by Gasteiger charge is 2.32. The number of aliphatic hydroxyl groups excluding tert-OH is 1. The SMILES string of the molecule is Cc1ccc(CO[C@@H](CCN)C(=O)N[C@H](C(=O)N[C@@H](CN)C(=O)C(C)C)C(C)O)cc1. The van der Waals surface area contributed by atoms with Crippen LogP contribution in [0.1, 0.15) is 38.3 Å². The number of nitrogens with one attached hydrogen (secondary N) is 2. The minimum atomic E-state index is -1.27. The highest BCUT2D eigenvalue weighted by molar-refractivity contribution is 5.94. The molecule has 0 aliphatic rings. The van der Waals surface area contributed by atoms with E-state index >= 15 is 0 Å².